The molecule has 0 spiro atoms. The highest BCUT2D eigenvalue weighted by Gasteiger charge is 2.33. The van der Waals surface area contributed by atoms with E-state index in [1.165, 1.54) is 7.11 Å². The summed E-state index contributed by atoms with van der Waals surface area (Å²) >= 11 is 3.17. The lowest BCUT2D eigenvalue weighted by Gasteiger charge is -2.27. The Morgan fingerprint density at radius 3 is 2.71 bits per heavy atom. The zero-order valence-electron chi connectivity index (χ0n) is 13.3. The van der Waals surface area contributed by atoms with Crippen LogP contribution in [0.5, 0.6) is 0 Å². The molecule has 0 radical (unpaired) electrons. The highest BCUT2D eigenvalue weighted by molar-refractivity contribution is 8.01. The van der Waals surface area contributed by atoms with Crippen molar-refractivity contribution in [1.29, 1.82) is 0 Å². The van der Waals surface area contributed by atoms with Gasteiger partial charge < -0.3 is 15.0 Å². The first-order valence-electron chi connectivity index (χ1n) is 6.90. The van der Waals surface area contributed by atoms with Crippen LogP contribution in [0.4, 0.5) is 5.13 Å². The normalized spacial score (nSPS) is 13.8. The molecule has 120 valence electrons. The van der Waals surface area contributed by atoms with Gasteiger partial charge in [0.15, 0.2) is 4.34 Å². The largest absolute Gasteiger partial charge is 0.468 e. The Kier molecular flexibility index (Phi) is 7.41. The first-order valence-corrected chi connectivity index (χ1v) is 8.70. The summed E-state index contributed by atoms with van der Waals surface area (Å²) in [5, 5.41) is 12.4. The van der Waals surface area contributed by atoms with Gasteiger partial charge in [-0.3, -0.25) is 4.79 Å². The molecule has 6 nitrogen and oxygen atoms in total. The third kappa shape index (κ3) is 5.44. The number of rotatable bonds is 9. The lowest BCUT2D eigenvalue weighted by molar-refractivity contribution is -0.148. The number of hydrogen-bond acceptors (Lipinski definition) is 8. The van der Waals surface area contributed by atoms with E-state index in [1.807, 2.05) is 25.9 Å². The molecule has 0 amide bonds. The zero-order chi connectivity index (χ0) is 15.9. The molecule has 0 aliphatic carbocycles. The maximum atomic E-state index is 11.9. The van der Waals surface area contributed by atoms with Gasteiger partial charge in [-0.05, 0) is 26.3 Å². The van der Waals surface area contributed by atoms with E-state index in [1.54, 1.807) is 23.1 Å². The predicted octanol–water partition coefficient (Wildman–Crippen LogP) is 2.02. The Balaban J connectivity index is 2.54. The smallest absolute Gasteiger partial charge is 0.325 e. The minimum absolute atomic E-state index is 0.220. The molecule has 0 aliphatic heterocycles. The average molecular weight is 332 g/mol. The zero-order valence-corrected chi connectivity index (χ0v) is 14.9. The van der Waals surface area contributed by atoms with Gasteiger partial charge >= 0.3 is 5.97 Å². The first kappa shape index (κ1) is 18.2. The molecule has 0 bridgehead atoms. The Hall–Kier alpha value is -0.860. The van der Waals surface area contributed by atoms with Crippen LogP contribution in [0, 0.1) is 0 Å². The molecular formula is C13H24N4O2S2. The maximum absolute atomic E-state index is 11.9. The van der Waals surface area contributed by atoms with Crippen molar-refractivity contribution in [1.82, 2.24) is 15.5 Å². The summed E-state index contributed by atoms with van der Waals surface area (Å²) in [7, 11) is 5.31. The van der Waals surface area contributed by atoms with Crippen molar-refractivity contribution in [3.05, 3.63) is 0 Å². The van der Waals surface area contributed by atoms with Gasteiger partial charge in [0.05, 0.1) is 7.11 Å². The van der Waals surface area contributed by atoms with E-state index < -0.39 is 5.54 Å². The molecule has 8 heteroatoms. The van der Waals surface area contributed by atoms with Crippen molar-refractivity contribution >= 4 is 34.2 Å². The highest BCUT2D eigenvalue weighted by Crippen LogP contribution is 2.28. The topological polar surface area (TPSA) is 67.4 Å². The number of nitrogens with one attached hydrogen (secondary N) is 1. The SMILES string of the molecule is CCCNC(C)(CCSc1nnc(N(C)C)s1)C(=O)OC. The lowest BCUT2D eigenvalue weighted by atomic mass is 9.99. The summed E-state index contributed by atoms with van der Waals surface area (Å²) < 4.78 is 5.83. The van der Waals surface area contributed by atoms with Crippen LogP contribution in [0.2, 0.25) is 0 Å². The van der Waals surface area contributed by atoms with Crippen LogP contribution in [0.3, 0.4) is 0 Å². The summed E-state index contributed by atoms with van der Waals surface area (Å²) in [6, 6.07) is 0. The van der Waals surface area contributed by atoms with Crippen LogP contribution in [0.15, 0.2) is 4.34 Å². The van der Waals surface area contributed by atoms with Crippen LogP contribution < -0.4 is 10.2 Å². The van der Waals surface area contributed by atoms with E-state index in [2.05, 4.69) is 22.4 Å². The molecule has 1 atom stereocenters. The van der Waals surface area contributed by atoms with E-state index in [4.69, 9.17) is 4.74 Å². The number of hydrogen-bond donors (Lipinski definition) is 1. The van der Waals surface area contributed by atoms with Crippen molar-refractivity contribution in [2.75, 3.05) is 38.4 Å². The Labute approximate surface area is 134 Å². The number of methoxy groups -OCH3 is 1. The van der Waals surface area contributed by atoms with Crippen molar-refractivity contribution in [3.63, 3.8) is 0 Å². The third-order valence-corrected chi connectivity index (χ3v) is 5.23. The molecule has 0 saturated carbocycles. The quantitative estimate of drug-likeness (QED) is 0.548. The van der Waals surface area contributed by atoms with Gasteiger partial charge in [-0.1, -0.05) is 30.0 Å². The third-order valence-electron chi connectivity index (χ3n) is 3.01. The van der Waals surface area contributed by atoms with Crippen molar-refractivity contribution in [2.24, 2.45) is 0 Å². The van der Waals surface area contributed by atoms with E-state index in [0.717, 1.165) is 28.2 Å². The summed E-state index contributed by atoms with van der Waals surface area (Å²) in [6.07, 6.45) is 1.66. The number of esters is 1. The van der Waals surface area contributed by atoms with Gasteiger partial charge in [-0.25, -0.2) is 0 Å². The van der Waals surface area contributed by atoms with Gasteiger partial charge in [0.25, 0.3) is 0 Å². The van der Waals surface area contributed by atoms with Crippen molar-refractivity contribution in [2.45, 2.75) is 36.6 Å². The maximum Gasteiger partial charge on any atom is 0.325 e. The highest BCUT2D eigenvalue weighted by atomic mass is 32.2. The number of carbonyl (C=O) groups is 1. The van der Waals surface area contributed by atoms with Gasteiger partial charge in [0, 0.05) is 19.8 Å². The summed E-state index contributed by atoms with van der Waals surface area (Å²) in [4.78, 5) is 13.9. The average Bonchev–Trinajstić information content (AvgIpc) is 2.93. The Bertz CT molecular complexity index is 453. The molecule has 21 heavy (non-hydrogen) atoms. The lowest BCUT2D eigenvalue weighted by Crippen LogP contribution is -2.50. The summed E-state index contributed by atoms with van der Waals surface area (Å²) in [5.41, 5.74) is -0.646. The van der Waals surface area contributed by atoms with E-state index in [-0.39, 0.29) is 5.97 Å². The number of nitrogens with zero attached hydrogens (tertiary/aromatic N) is 3. The molecule has 1 aromatic rings. The second-order valence-electron chi connectivity index (χ2n) is 5.09. The second kappa shape index (κ2) is 8.55. The van der Waals surface area contributed by atoms with Gasteiger partial charge in [-0.15, -0.1) is 10.2 Å². The van der Waals surface area contributed by atoms with E-state index in [0.29, 0.717) is 6.42 Å². The Morgan fingerprint density at radius 1 is 1.48 bits per heavy atom. The number of ether oxygens (including phenoxy) is 1. The van der Waals surface area contributed by atoms with Crippen molar-refractivity contribution in [3.8, 4) is 0 Å². The van der Waals surface area contributed by atoms with Gasteiger partial charge in [0.1, 0.15) is 5.54 Å². The minimum atomic E-state index is -0.646. The molecule has 0 aromatic carbocycles. The minimum Gasteiger partial charge on any atom is -0.468 e. The monoisotopic (exact) mass is 332 g/mol. The molecular weight excluding hydrogens is 308 g/mol. The number of aromatic nitrogens is 2. The summed E-state index contributed by atoms with van der Waals surface area (Å²) in [5.74, 6) is 0.562. The first-order chi connectivity index (χ1) is 9.92. The van der Waals surface area contributed by atoms with Gasteiger partial charge in [0.2, 0.25) is 5.13 Å². The van der Waals surface area contributed by atoms with Crippen molar-refractivity contribution < 1.29 is 9.53 Å². The number of carbonyl (C=O) groups excluding carboxylic acids is 1. The molecule has 1 rings (SSSR count). The fourth-order valence-electron chi connectivity index (χ4n) is 1.67. The summed E-state index contributed by atoms with van der Waals surface area (Å²) in [6.45, 7) is 4.75. The number of anilines is 1. The molecule has 0 aliphatic rings. The predicted molar refractivity (Wildman–Crippen MR) is 88.3 cm³/mol. The fraction of sp³-hybridized carbons (Fsp3) is 0.769. The molecule has 1 N–H and O–H groups in total. The second-order valence-corrected chi connectivity index (χ2v) is 7.39. The Morgan fingerprint density at radius 2 is 2.19 bits per heavy atom. The number of thioether (sulfide) groups is 1. The molecule has 0 saturated heterocycles. The van der Waals surface area contributed by atoms with E-state index in [9.17, 15) is 4.79 Å². The van der Waals surface area contributed by atoms with E-state index >= 15 is 0 Å². The van der Waals surface area contributed by atoms with Crippen LogP contribution in [0.1, 0.15) is 26.7 Å². The van der Waals surface area contributed by atoms with Crippen LogP contribution in [0.25, 0.3) is 0 Å². The molecule has 1 heterocycles. The molecule has 1 aromatic heterocycles. The van der Waals surface area contributed by atoms with Gasteiger partial charge in [-0.2, -0.15) is 0 Å². The van der Waals surface area contributed by atoms with Crippen LogP contribution in [-0.2, 0) is 9.53 Å². The van der Waals surface area contributed by atoms with Crippen LogP contribution >= 0.6 is 23.1 Å². The molecule has 0 fully saturated rings. The standard InChI is InChI=1S/C13H24N4O2S2/c1-6-8-14-13(2,10(18)19-5)7-9-20-12-16-15-11(21-12)17(3)4/h14H,6-9H2,1-5H3. The molecule has 1 unspecified atom stereocenters. The van der Waals surface area contributed by atoms with Crippen LogP contribution in [-0.4, -0.2) is 55.2 Å². The fourth-order valence-corrected chi connectivity index (χ4v) is 3.67.